The molecule has 2 aliphatic rings. The number of nitrogens with one attached hydrogen (secondary N) is 1. The van der Waals surface area contributed by atoms with Gasteiger partial charge in [-0.3, -0.25) is 9.69 Å². The molecule has 1 aliphatic carbocycles. The van der Waals surface area contributed by atoms with Gasteiger partial charge in [-0.2, -0.15) is 4.31 Å². The van der Waals surface area contributed by atoms with Crippen molar-refractivity contribution < 1.29 is 26.4 Å². The molecule has 3 rings (SSSR count). The van der Waals surface area contributed by atoms with Crippen molar-refractivity contribution in [3.63, 3.8) is 0 Å². The second-order valence-corrected chi connectivity index (χ2v) is 10.8. The number of sulfonamides is 1. The van der Waals surface area contributed by atoms with Gasteiger partial charge in [0.15, 0.2) is 0 Å². The van der Waals surface area contributed by atoms with Crippen molar-refractivity contribution >= 4 is 39.9 Å². The molecule has 1 aromatic rings. The Morgan fingerprint density at radius 2 is 1.72 bits per heavy atom. The van der Waals surface area contributed by atoms with Crippen molar-refractivity contribution in [2.45, 2.75) is 44.1 Å². The quantitative estimate of drug-likeness (QED) is 0.626. The third-order valence-corrected chi connectivity index (χ3v) is 8.53. The van der Waals surface area contributed by atoms with E-state index < -0.39 is 33.2 Å². The summed E-state index contributed by atoms with van der Waals surface area (Å²) >= 11 is 5.97. The number of amides is 1. The molecule has 0 aromatic heterocycles. The number of nitrogens with zero attached hydrogens (tertiary/aromatic N) is 2. The van der Waals surface area contributed by atoms with Gasteiger partial charge in [0.25, 0.3) is 5.91 Å². The van der Waals surface area contributed by atoms with Gasteiger partial charge in [-0.05, 0) is 38.0 Å². The number of alkyl halides is 2. The Morgan fingerprint density at radius 1 is 1.12 bits per heavy atom. The summed E-state index contributed by atoms with van der Waals surface area (Å²) < 4.78 is 66.7. The third-order valence-electron chi connectivity index (χ3n) is 6.33. The lowest BCUT2D eigenvalue weighted by Crippen LogP contribution is -2.63. The molecule has 2 fully saturated rings. The molecule has 1 saturated carbocycles. The highest BCUT2D eigenvalue weighted by Crippen LogP contribution is 2.42. The lowest BCUT2D eigenvalue weighted by atomic mass is 9.78. The first-order valence-electron chi connectivity index (χ1n) is 10.3. The zero-order valence-electron chi connectivity index (χ0n) is 17.8. The molecule has 12 heteroatoms. The van der Waals surface area contributed by atoms with E-state index >= 15 is 0 Å². The SMILES string of the molecule is CCS(=O)(=O)N1CCN(C2(CNC(=O)c3ccc(F)cc3Cl)CCC(F)(F)CC2)CC1.Cl. The zero-order chi connectivity index (χ0) is 22.9. The zero-order valence-corrected chi connectivity index (χ0v) is 20.1. The number of carbonyl (C=O) groups is 1. The highest BCUT2D eigenvalue weighted by Gasteiger charge is 2.47. The van der Waals surface area contributed by atoms with Crippen LogP contribution in [0.2, 0.25) is 5.02 Å². The van der Waals surface area contributed by atoms with Gasteiger partial charge in [0.1, 0.15) is 5.82 Å². The lowest BCUT2D eigenvalue weighted by Gasteiger charge is -2.50. The molecule has 0 unspecified atom stereocenters. The molecule has 1 heterocycles. The molecule has 0 bridgehead atoms. The van der Waals surface area contributed by atoms with Crippen molar-refractivity contribution in [1.82, 2.24) is 14.5 Å². The molecular weight excluding hydrogens is 490 g/mol. The first-order valence-corrected chi connectivity index (χ1v) is 12.3. The van der Waals surface area contributed by atoms with E-state index in [1.165, 1.54) is 10.4 Å². The highest BCUT2D eigenvalue weighted by atomic mass is 35.5. The summed E-state index contributed by atoms with van der Waals surface area (Å²) in [5.74, 6) is -3.80. The van der Waals surface area contributed by atoms with Crippen LogP contribution in [0.5, 0.6) is 0 Å². The van der Waals surface area contributed by atoms with Crippen molar-refractivity contribution in [3.8, 4) is 0 Å². The van der Waals surface area contributed by atoms with Crippen molar-refractivity contribution in [1.29, 1.82) is 0 Å². The number of benzene rings is 1. The van der Waals surface area contributed by atoms with Gasteiger partial charge in [0.2, 0.25) is 15.9 Å². The van der Waals surface area contributed by atoms with Gasteiger partial charge in [-0.25, -0.2) is 21.6 Å². The van der Waals surface area contributed by atoms with E-state index in [1.54, 1.807) is 6.92 Å². The van der Waals surface area contributed by atoms with Crippen molar-refractivity contribution in [3.05, 3.63) is 34.6 Å². The summed E-state index contributed by atoms with van der Waals surface area (Å²) in [6.07, 6.45) is -0.239. The monoisotopic (exact) mass is 517 g/mol. The Kier molecular flexibility index (Phi) is 8.89. The van der Waals surface area contributed by atoms with Crippen molar-refractivity contribution in [2.75, 3.05) is 38.5 Å². The van der Waals surface area contributed by atoms with Gasteiger partial charge in [0, 0.05) is 51.1 Å². The highest BCUT2D eigenvalue weighted by molar-refractivity contribution is 7.89. The van der Waals surface area contributed by atoms with Gasteiger partial charge in [-0.1, -0.05) is 11.6 Å². The molecule has 1 aromatic carbocycles. The van der Waals surface area contributed by atoms with Crippen molar-refractivity contribution in [2.24, 2.45) is 0 Å². The normalized spacial score (nSPS) is 21.5. The summed E-state index contributed by atoms with van der Waals surface area (Å²) in [5.41, 5.74) is -0.593. The maximum atomic E-state index is 13.9. The minimum atomic E-state index is -3.31. The molecule has 0 radical (unpaired) electrons. The molecule has 6 nitrogen and oxygen atoms in total. The molecule has 0 spiro atoms. The Bertz CT molecular complexity index is 916. The summed E-state index contributed by atoms with van der Waals surface area (Å²) in [6, 6.07) is 3.45. The Labute approximate surface area is 197 Å². The van der Waals surface area contributed by atoms with Crippen LogP contribution in [-0.2, 0) is 10.0 Å². The van der Waals surface area contributed by atoms with E-state index in [9.17, 15) is 26.4 Å². The van der Waals surface area contributed by atoms with E-state index in [2.05, 4.69) is 5.32 Å². The van der Waals surface area contributed by atoms with Crippen LogP contribution in [0.1, 0.15) is 43.0 Å². The molecule has 182 valence electrons. The van der Waals surface area contributed by atoms with Gasteiger partial charge in [0.05, 0.1) is 16.3 Å². The number of hydrogen-bond acceptors (Lipinski definition) is 4. The fraction of sp³-hybridized carbons (Fsp3) is 0.650. The maximum absolute atomic E-state index is 13.9. The predicted molar refractivity (Wildman–Crippen MR) is 120 cm³/mol. The number of hydrogen-bond donors (Lipinski definition) is 1. The minimum Gasteiger partial charge on any atom is -0.350 e. The lowest BCUT2D eigenvalue weighted by molar-refractivity contribution is -0.0856. The number of rotatable bonds is 6. The second kappa shape index (κ2) is 10.5. The Balaban J connectivity index is 0.00000363. The first-order chi connectivity index (χ1) is 14.5. The Hall–Kier alpha value is -1.07. The molecular formula is C20H28Cl2F3N3O3S. The van der Waals surface area contributed by atoms with Crippen LogP contribution < -0.4 is 5.32 Å². The number of piperazine rings is 1. The smallest absolute Gasteiger partial charge is 0.252 e. The minimum absolute atomic E-state index is 0. The van der Waals surface area contributed by atoms with Crippen LogP contribution in [0, 0.1) is 5.82 Å². The summed E-state index contributed by atoms with van der Waals surface area (Å²) in [7, 11) is -3.31. The largest absolute Gasteiger partial charge is 0.350 e. The third kappa shape index (κ3) is 6.08. The standard InChI is InChI=1S/C20H27ClF3N3O3S.ClH/c1-2-31(29,30)27-11-9-26(10-12-27)19(5-7-20(23,24)8-6-19)14-25-18(28)16-4-3-15(22)13-17(16)21;/h3-4,13H,2,5-12,14H2,1H3,(H,25,28);1H. The summed E-state index contributed by atoms with van der Waals surface area (Å²) in [5, 5.41) is 2.76. The second-order valence-electron chi connectivity index (χ2n) is 8.17. The van der Waals surface area contributed by atoms with Gasteiger partial charge >= 0.3 is 0 Å². The molecule has 32 heavy (non-hydrogen) atoms. The van der Waals surface area contributed by atoms with Crippen LogP contribution in [-0.4, -0.2) is 73.5 Å². The molecule has 1 N–H and O–H groups in total. The van der Waals surface area contributed by atoms with Crippen LogP contribution in [0.15, 0.2) is 18.2 Å². The average Bonchev–Trinajstić information content (AvgIpc) is 2.73. The predicted octanol–water partition coefficient (Wildman–Crippen LogP) is 3.55. The Morgan fingerprint density at radius 3 is 2.25 bits per heavy atom. The van der Waals surface area contributed by atoms with Crippen LogP contribution >= 0.6 is 24.0 Å². The first kappa shape index (κ1) is 27.2. The molecule has 1 aliphatic heterocycles. The van der Waals surface area contributed by atoms with Crippen LogP contribution in [0.3, 0.4) is 0 Å². The average molecular weight is 518 g/mol. The topological polar surface area (TPSA) is 69.7 Å². The van der Waals surface area contributed by atoms with Crippen LogP contribution in [0.25, 0.3) is 0 Å². The van der Waals surface area contributed by atoms with Crippen LogP contribution in [0.4, 0.5) is 13.2 Å². The summed E-state index contributed by atoms with van der Waals surface area (Å²) in [6.45, 7) is 3.08. The van der Waals surface area contributed by atoms with E-state index in [0.29, 0.717) is 13.1 Å². The van der Waals surface area contributed by atoms with E-state index in [4.69, 9.17) is 11.6 Å². The maximum Gasteiger partial charge on any atom is 0.252 e. The fourth-order valence-electron chi connectivity index (χ4n) is 4.32. The molecule has 1 saturated heterocycles. The molecule has 1 amide bonds. The summed E-state index contributed by atoms with van der Waals surface area (Å²) in [4.78, 5) is 14.6. The van der Waals surface area contributed by atoms with E-state index in [-0.39, 0.29) is 74.1 Å². The van der Waals surface area contributed by atoms with E-state index in [0.717, 1.165) is 12.1 Å². The molecule has 0 atom stereocenters. The van der Waals surface area contributed by atoms with Gasteiger partial charge < -0.3 is 5.32 Å². The van der Waals surface area contributed by atoms with Gasteiger partial charge in [-0.15, -0.1) is 12.4 Å². The fourth-order valence-corrected chi connectivity index (χ4v) is 5.66. The number of halogens is 5. The van der Waals surface area contributed by atoms with E-state index in [1.807, 2.05) is 4.90 Å². The number of carbonyl (C=O) groups excluding carboxylic acids is 1.